The van der Waals surface area contributed by atoms with Gasteiger partial charge in [0.1, 0.15) is 10.7 Å². The molecule has 5 nitrogen and oxygen atoms in total. The first kappa shape index (κ1) is 18.8. The SMILES string of the molecule is CC(=O)N/C(=C\c1ccccc1)C(=O)N(C)[C@H](C)c1nc2ccccc2s1. The van der Waals surface area contributed by atoms with E-state index in [9.17, 15) is 9.59 Å². The first-order chi connectivity index (χ1) is 13.0. The molecular formula is C21H21N3O2S. The van der Waals surface area contributed by atoms with E-state index < -0.39 is 0 Å². The predicted octanol–water partition coefficient (Wildman–Crippen LogP) is 3.99. The molecule has 0 aliphatic heterocycles. The zero-order chi connectivity index (χ0) is 19.4. The fraction of sp³-hybridized carbons (Fsp3) is 0.190. The van der Waals surface area contributed by atoms with Gasteiger partial charge in [0.05, 0.1) is 16.3 Å². The molecule has 2 amide bonds. The van der Waals surface area contributed by atoms with Crippen LogP contribution < -0.4 is 5.32 Å². The van der Waals surface area contributed by atoms with Crippen molar-refractivity contribution in [3.8, 4) is 0 Å². The monoisotopic (exact) mass is 379 g/mol. The number of amides is 2. The fourth-order valence-corrected chi connectivity index (χ4v) is 3.72. The Morgan fingerprint density at radius 2 is 1.78 bits per heavy atom. The molecule has 0 saturated carbocycles. The van der Waals surface area contributed by atoms with Crippen molar-refractivity contribution in [2.45, 2.75) is 19.9 Å². The molecular weight excluding hydrogens is 358 g/mol. The number of nitrogens with zero attached hydrogens (tertiary/aromatic N) is 2. The molecule has 138 valence electrons. The largest absolute Gasteiger partial charge is 0.331 e. The van der Waals surface area contributed by atoms with Crippen LogP contribution in [0.2, 0.25) is 0 Å². The Bertz CT molecular complexity index is 962. The second-order valence-electron chi connectivity index (χ2n) is 6.26. The third kappa shape index (κ3) is 4.41. The maximum atomic E-state index is 13.0. The third-order valence-electron chi connectivity index (χ3n) is 4.22. The highest BCUT2D eigenvalue weighted by Crippen LogP contribution is 2.29. The van der Waals surface area contributed by atoms with Gasteiger partial charge in [0, 0.05) is 14.0 Å². The Balaban J connectivity index is 1.87. The molecule has 3 aromatic rings. The van der Waals surface area contributed by atoms with Crippen LogP contribution in [0, 0.1) is 0 Å². The standard InChI is InChI=1S/C21H21N3O2S/c1-14(20-23-17-11-7-8-12-19(17)27-20)24(3)21(26)18(22-15(2)25)13-16-9-5-4-6-10-16/h4-14H,1-3H3,(H,22,25)/b18-13-/t14-/m1/s1. The summed E-state index contributed by atoms with van der Waals surface area (Å²) in [6.45, 7) is 3.33. The van der Waals surface area contributed by atoms with Crippen LogP contribution in [-0.2, 0) is 9.59 Å². The van der Waals surface area contributed by atoms with Gasteiger partial charge in [-0.3, -0.25) is 9.59 Å². The van der Waals surface area contributed by atoms with Crippen molar-refractivity contribution in [3.05, 3.63) is 70.9 Å². The molecule has 1 N–H and O–H groups in total. The van der Waals surface area contributed by atoms with E-state index in [1.807, 2.05) is 61.5 Å². The van der Waals surface area contributed by atoms with Crippen LogP contribution in [0.5, 0.6) is 0 Å². The summed E-state index contributed by atoms with van der Waals surface area (Å²) in [5, 5.41) is 3.51. The number of carbonyl (C=O) groups is 2. The van der Waals surface area contributed by atoms with Crippen LogP contribution in [0.3, 0.4) is 0 Å². The van der Waals surface area contributed by atoms with Gasteiger partial charge in [0.25, 0.3) is 5.91 Å². The number of aromatic nitrogens is 1. The van der Waals surface area contributed by atoms with E-state index in [4.69, 9.17) is 0 Å². The minimum Gasteiger partial charge on any atom is -0.331 e. The Morgan fingerprint density at radius 3 is 2.44 bits per heavy atom. The minimum atomic E-state index is -0.286. The third-order valence-corrected chi connectivity index (χ3v) is 5.43. The van der Waals surface area contributed by atoms with Gasteiger partial charge in [-0.25, -0.2) is 4.98 Å². The fourth-order valence-electron chi connectivity index (χ4n) is 2.66. The number of likely N-dealkylation sites (N-methyl/N-ethyl adjacent to an activating group) is 1. The molecule has 3 rings (SSSR count). The van der Waals surface area contributed by atoms with Crippen molar-refractivity contribution < 1.29 is 9.59 Å². The lowest BCUT2D eigenvalue weighted by atomic mass is 10.1. The lowest BCUT2D eigenvalue weighted by molar-refractivity contribution is -0.129. The first-order valence-electron chi connectivity index (χ1n) is 8.62. The molecule has 0 aliphatic carbocycles. The topological polar surface area (TPSA) is 62.3 Å². The predicted molar refractivity (Wildman–Crippen MR) is 109 cm³/mol. The quantitative estimate of drug-likeness (QED) is 0.682. The lowest BCUT2D eigenvalue weighted by Crippen LogP contribution is -2.36. The minimum absolute atomic E-state index is 0.220. The summed E-state index contributed by atoms with van der Waals surface area (Å²) < 4.78 is 1.09. The van der Waals surface area contributed by atoms with Crippen molar-refractivity contribution in [3.63, 3.8) is 0 Å². The van der Waals surface area contributed by atoms with E-state index in [0.29, 0.717) is 0 Å². The molecule has 0 radical (unpaired) electrons. The summed E-state index contributed by atoms with van der Waals surface area (Å²) in [4.78, 5) is 30.9. The highest BCUT2D eigenvalue weighted by Gasteiger charge is 2.24. The Labute approximate surface area is 162 Å². The molecule has 0 saturated heterocycles. The zero-order valence-corrected chi connectivity index (χ0v) is 16.3. The number of thiazole rings is 1. The van der Waals surface area contributed by atoms with Gasteiger partial charge in [-0.2, -0.15) is 0 Å². The summed E-state index contributed by atoms with van der Waals surface area (Å²) in [7, 11) is 1.72. The van der Waals surface area contributed by atoms with Crippen LogP contribution in [0.1, 0.15) is 30.5 Å². The molecule has 2 aromatic carbocycles. The van der Waals surface area contributed by atoms with Crippen LogP contribution in [0.15, 0.2) is 60.3 Å². The summed E-state index contributed by atoms with van der Waals surface area (Å²) in [6.07, 6.45) is 1.69. The number of para-hydroxylation sites is 1. The van der Waals surface area contributed by atoms with E-state index in [1.165, 1.54) is 6.92 Å². The van der Waals surface area contributed by atoms with Crippen LogP contribution in [-0.4, -0.2) is 28.7 Å². The molecule has 0 aliphatic rings. The molecule has 0 bridgehead atoms. The molecule has 1 atom stereocenters. The van der Waals surface area contributed by atoms with Gasteiger partial charge in [-0.1, -0.05) is 42.5 Å². The number of benzene rings is 2. The van der Waals surface area contributed by atoms with Crippen molar-refractivity contribution in [1.82, 2.24) is 15.2 Å². The number of rotatable bonds is 5. The van der Waals surface area contributed by atoms with Crippen LogP contribution in [0.4, 0.5) is 0 Å². The Morgan fingerprint density at radius 1 is 1.11 bits per heavy atom. The van der Waals surface area contributed by atoms with Crippen molar-refractivity contribution >= 4 is 39.4 Å². The second kappa shape index (κ2) is 8.14. The Kier molecular flexibility index (Phi) is 5.66. The molecule has 0 unspecified atom stereocenters. The van der Waals surface area contributed by atoms with Crippen LogP contribution >= 0.6 is 11.3 Å². The van der Waals surface area contributed by atoms with E-state index >= 15 is 0 Å². The summed E-state index contributed by atoms with van der Waals surface area (Å²) in [5.74, 6) is -0.549. The second-order valence-corrected chi connectivity index (χ2v) is 7.32. The number of carbonyl (C=O) groups excluding carboxylic acids is 2. The van der Waals surface area contributed by atoms with Crippen molar-refractivity contribution in [2.75, 3.05) is 7.05 Å². The number of hydrogen-bond donors (Lipinski definition) is 1. The zero-order valence-electron chi connectivity index (χ0n) is 15.5. The lowest BCUT2D eigenvalue weighted by Gasteiger charge is -2.24. The average molecular weight is 379 g/mol. The summed E-state index contributed by atoms with van der Waals surface area (Å²) in [5.41, 5.74) is 2.01. The smallest absolute Gasteiger partial charge is 0.270 e. The maximum Gasteiger partial charge on any atom is 0.270 e. The molecule has 1 heterocycles. The summed E-state index contributed by atoms with van der Waals surface area (Å²) >= 11 is 1.57. The molecule has 0 fully saturated rings. The summed E-state index contributed by atoms with van der Waals surface area (Å²) in [6, 6.07) is 17.1. The van der Waals surface area contributed by atoms with E-state index in [0.717, 1.165) is 20.8 Å². The molecule has 6 heteroatoms. The van der Waals surface area contributed by atoms with Gasteiger partial charge in [-0.15, -0.1) is 11.3 Å². The maximum absolute atomic E-state index is 13.0. The Hall–Kier alpha value is -2.99. The van der Waals surface area contributed by atoms with Gasteiger partial charge >= 0.3 is 0 Å². The number of nitrogens with one attached hydrogen (secondary N) is 1. The number of hydrogen-bond acceptors (Lipinski definition) is 4. The normalized spacial score (nSPS) is 12.6. The highest BCUT2D eigenvalue weighted by molar-refractivity contribution is 7.18. The van der Waals surface area contributed by atoms with E-state index in [-0.39, 0.29) is 23.6 Å². The highest BCUT2D eigenvalue weighted by atomic mass is 32.1. The van der Waals surface area contributed by atoms with Crippen molar-refractivity contribution in [2.24, 2.45) is 0 Å². The molecule has 27 heavy (non-hydrogen) atoms. The van der Waals surface area contributed by atoms with Gasteiger partial charge < -0.3 is 10.2 Å². The average Bonchev–Trinajstić information content (AvgIpc) is 3.10. The number of fused-ring (bicyclic) bond motifs is 1. The molecule has 0 spiro atoms. The van der Waals surface area contributed by atoms with Gasteiger partial charge in [0.15, 0.2) is 0 Å². The van der Waals surface area contributed by atoms with Crippen molar-refractivity contribution in [1.29, 1.82) is 0 Å². The van der Waals surface area contributed by atoms with E-state index in [1.54, 1.807) is 29.4 Å². The van der Waals surface area contributed by atoms with E-state index in [2.05, 4.69) is 10.3 Å². The van der Waals surface area contributed by atoms with Crippen LogP contribution in [0.25, 0.3) is 16.3 Å². The van der Waals surface area contributed by atoms with Gasteiger partial charge in [-0.05, 0) is 30.7 Å². The molecule has 1 aromatic heterocycles. The first-order valence-corrected chi connectivity index (χ1v) is 9.44. The van der Waals surface area contributed by atoms with Gasteiger partial charge in [0.2, 0.25) is 5.91 Å².